The van der Waals surface area contributed by atoms with Gasteiger partial charge in [-0.1, -0.05) is 30.7 Å². The van der Waals surface area contributed by atoms with Gasteiger partial charge in [0, 0.05) is 17.9 Å². The molecule has 1 fully saturated rings. The van der Waals surface area contributed by atoms with Crippen LogP contribution in [-0.2, 0) is 16.0 Å². The van der Waals surface area contributed by atoms with Gasteiger partial charge < -0.3 is 9.84 Å². The molecular formula is C15H19ClO3. The van der Waals surface area contributed by atoms with Crippen molar-refractivity contribution < 1.29 is 14.6 Å². The Labute approximate surface area is 118 Å². The van der Waals surface area contributed by atoms with Crippen LogP contribution in [0.2, 0.25) is 5.02 Å². The van der Waals surface area contributed by atoms with Crippen molar-refractivity contribution in [1.82, 2.24) is 0 Å². The number of hydrogen-bond acceptors (Lipinski definition) is 3. The van der Waals surface area contributed by atoms with Gasteiger partial charge in [-0.05, 0) is 36.5 Å². The first-order valence-corrected chi connectivity index (χ1v) is 7.03. The fourth-order valence-electron chi connectivity index (χ4n) is 2.38. The average Bonchev–Trinajstić information content (AvgIpc) is 2.33. The Morgan fingerprint density at radius 1 is 1.47 bits per heavy atom. The molecule has 0 saturated heterocycles. The third-order valence-corrected chi connectivity index (χ3v) is 3.83. The van der Waals surface area contributed by atoms with Crippen molar-refractivity contribution in [3.63, 3.8) is 0 Å². The van der Waals surface area contributed by atoms with Gasteiger partial charge in [0.15, 0.2) is 0 Å². The molecule has 104 valence electrons. The number of benzene rings is 1. The summed E-state index contributed by atoms with van der Waals surface area (Å²) in [5, 5.41) is 10.8. The van der Waals surface area contributed by atoms with Crippen LogP contribution < -0.4 is 0 Å². The Balaban J connectivity index is 1.91. The second kappa shape index (κ2) is 5.93. The normalized spacial score (nSPS) is 27.0. The zero-order valence-electron chi connectivity index (χ0n) is 11.1. The van der Waals surface area contributed by atoms with E-state index in [4.69, 9.17) is 16.3 Å². The standard InChI is InChI=1S/C15H19ClO3/c1-11-5-7-15(18,8-6-11)19-14(17)10-12-3-2-4-13(16)9-12/h2-4,9,11,18H,5-8,10H2,1H3. The molecule has 0 radical (unpaired) electrons. The fraction of sp³-hybridized carbons (Fsp3) is 0.533. The van der Waals surface area contributed by atoms with Gasteiger partial charge in [0.05, 0.1) is 6.42 Å². The molecule has 3 nitrogen and oxygen atoms in total. The van der Waals surface area contributed by atoms with Crippen LogP contribution in [0.3, 0.4) is 0 Å². The number of rotatable bonds is 3. The van der Waals surface area contributed by atoms with E-state index in [1.807, 2.05) is 6.07 Å². The number of carbonyl (C=O) groups is 1. The van der Waals surface area contributed by atoms with Crippen LogP contribution in [0.1, 0.15) is 38.2 Å². The Bertz CT molecular complexity index is 450. The van der Waals surface area contributed by atoms with E-state index in [1.54, 1.807) is 18.2 Å². The van der Waals surface area contributed by atoms with E-state index < -0.39 is 11.8 Å². The first kappa shape index (κ1) is 14.4. The van der Waals surface area contributed by atoms with E-state index in [2.05, 4.69) is 6.92 Å². The van der Waals surface area contributed by atoms with Crippen LogP contribution >= 0.6 is 11.6 Å². The number of halogens is 1. The maximum atomic E-state index is 11.9. The van der Waals surface area contributed by atoms with E-state index in [9.17, 15) is 9.90 Å². The van der Waals surface area contributed by atoms with Crippen molar-refractivity contribution in [3.8, 4) is 0 Å². The highest BCUT2D eigenvalue weighted by Gasteiger charge is 2.35. The highest BCUT2D eigenvalue weighted by Crippen LogP contribution is 2.32. The average molecular weight is 283 g/mol. The lowest BCUT2D eigenvalue weighted by atomic mass is 9.86. The van der Waals surface area contributed by atoms with Crippen LogP contribution in [0.15, 0.2) is 24.3 Å². The van der Waals surface area contributed by atoms with Gasteiger partial charge in [0.1, 0.15) is 0 Å². The third-order valence-electron chi connectivity index (χ3n) is 3.60. The van der Waals surface area contributed by atoms with E-state index >= 15 is 0 Å². The molecule has 19 heavy (non-hydrogen) atoms. The summed E-state index contributed by atoms with van der Waals surface area (Å²) in [7, 11) is 0. The fourth-order valence-corrected chi connectivity index (χ4v) is 2.59. The smallest absolute Gasteiger partial charge is 0.312 e. The molecule has 4 heteroatoms. The summed E-state index contributed by atoms with van der Waals surface area (Å²) in [6, 6.07) is 7.10. The van der Waals surface area contributed by atoms with Crippen molar-refractivity contribution in [1.29, 1.82) is 0 Å². The molecule has 1 aliphatic carbocycles. The highest BCUT2D eigenvalue weighted by molar-refractivity contribution is 6.30. The molecule has 0 spiro atoms. The molecule has 2 rings (SSSR count). The summed E-state index contributed by atoms with van der Waals surface area (Å²) in [5.74, 6) is -1.09. The van der Waals surface area contributed by atoms with Crippen molar-refractivity contribution in [2.45, 2.75) is 44.8 Å². The van der Waals surface area contributed by atoms with Gasteiger partial charge in [0.2, 0.25) is 5.79 Å². The van der Waals surface area contributed by atoms with Gasteiger partial charge in [0.25, 0.3) is 0 Å². The third kappa shape index (κ3) is 4.22. The molecule has 1 aromatic carbocycles. The summed E-state index contributed by atoms with van der Waals surface area (Å²) in [4.78, 5) is 11.9. The van der Waals surface area contributed by atoms with Gasteiger partial charge in [-0.3, -0.25) is 4.79 Å². The first-order chi connectivity index (χ1) is 8.97. The van der Waals surface area contributed by atoms with Gasteiger partial charge in [-0.25, -0.2) is 0 Å². The molecule has 1 aromatic rings. The molecule has 0 atom stereocenters. The van der Waals surface area contributed by atoms with E-state index in [0.29, 0.717) is 23.8 Å². The zero-order valence-corrected chi connectivity index (χ0v) is 11.8. The Morgan fingerprint density at radius 2 is 2.16 bits per heavy atom. The first-order valence-electron chi connectivity index (χ1n) is 6.65. The molecule has 0 amide bonds. The molecular weight excluding hydrogens is 264 g/mol. The lowest BCUT2D eigenvalue weighted by Gasteiger charge is -2.34. The minimum atomic E-state index is -1.28. The topological polar surface area (TPSA) is 46.5 Å². The molecule has 0 bridgehead atoms. The minimum absolute atomic E-state index is 0.137. The number of hydrogen-bond donors (Lipinski definition) is 1. The number of carbonyl (C=O) groups excluding carboxylic acids is 1. The number of aliphatic hydroxyl groups is 1. The second-order valence-electron chi connectivity index (χ2n) is 5.41. The quantitative estimate of drug-likeness (QED) is 0.683. The van der Waals surface area contributed by atoms with Crippen molar-refractivity contribution >= 4 is 17.6 Å². The molecule has 0 unspecified atom stereocenters. The van der Waals surface area contributed by atoms with Crippen LogP contribution in [0.5, 0.6) is 0 Å². The van der Waals surface area contributed by atoms with Gasteiger partial charge in [-0.15, -0.1) is 0 Å². The predicted octanol–water partition coefficient (Wildman–Crippen LogP) is 3.32. The summed E-state index contributed by atoms with van der Waals surface area (Å²) < 4.78 is 5.24. The van der Waals surface area contributed by atoms with Crippen molar-refractivity contribution in [3.05, 3.63) is 34.9 Å². The molecule has 1 saturated carbocycles. The summed E-state index contributed by atoms with van der Waals surface area (Å²) >= 11 is 5.86. The SMILES string of the molecule is CC1CCC(O)(OC(=O)Cc2cccc(Cl)c2)CC1. The Hall–Kier alpha value is -1.06. The number of ether oxygens (including phenoxy) is 1. The monoisotopic (exact) mass is 282 g/mol. The van der Waals surface area contributed by atoms with Gasteiger partial charge >= 0.3 is 5.97 Å². The van der Waals surface area contributed by atoms with E-state index in [-0.39, 0.29) is 6.42 Å². The Kier molecular flexibility index (Phi) is 4.48. The van der Waals surface area contributed by atoms with Gasteiger partial charge in [-0.2, -0.15) is 0 Å². The van der Waals surface area contributed by atoms with Crippen LogP contribution in [-0.4, -0.2) is 16.9 Å². The molecule has 0 heterocycles. The van der Waals surface area contributed by atoms with Crippen LogP contribution in [0, 0.1) is 5.92 Å². The van der Waals surface area contributed by atoms with E-state index in [1.165, 1.54) is 0 Å². The molecule has 1 aliphatic rings. The lowest BCUT2D eigenvalue weighted by molar-refractivity contribution is -0.222. The predicted molar refractivity (Wildman–Crippen MR) is 73.8 cm³/mol. The largest absolute Gasteiger partial charge is 0.433 e. The molecule has 0 aliphatic heterocycles. The zero-order chi connectivity index (χ0) is 13.9. The van der Waals surface area contributed by atoms with E-state index in [0.717, 1.165) is 18.4 Å². The Morgan fingerprint density at radius 3 is 2.79 bits per heavy atom. The number of esters is 1. The van der Waals surface area contributed by atoms with Crippen molar-refractivity contribution in [2.75, 3.05) is 0 Å². The summed E-state index contributed by atoms with van der Waals surface area (Å²) in [5.41, 5.74) is 0.797. The maximum absolute atomic E-state index is 11.9. The van der Waals surface area contributed by atoms with Crippen LogP contribution in [0.25, 0.3) is 0 Å². The second-order valence-corrected chi connectivity index (χ2v) is 5.85. The summed E-state index contributed by atoms with van der Waals surface area (Å²) in [6.07, 6.45) is 2.96. The highest BCUT2D eigenvalue weighted by atomic mass is 35.5. The molecule has 1 N–H and O–H groups in total. The van der Waals surface area contributed by atoms with Crippen LogP contribution in [0.4, 0.5) is 0 Å². The maximum Gasteiger partial charge on any atom is 0.312 e. The lowest BCUT2D eigenvalue weighted by Crippen LogP contribution is -2.38. The minimum Gasteiger partial charge on any atom is -0.433 e. The summed E-state index contributed by atoms with van der Waals surface area (Å²) in [6.45, 7) is 2.15. The molecule has 0 aromatic heterocycles. The van der Waals surface area contributed by atoms with Crippen molar-refractivity contribution in [2.24, 2.45) is 5.92 Å².